The number of hydrogen-bond acceptors (Lipinski definition) is 7. The lowest BCUT2D eigenvalue weighted by Gasteiger charge is -2.31. The van der Waals surface area contributed by atoms with E-state index >= 15 is 0 Å². The number of aryl methyl sites for hydroxylation is 1. The Morgan fingerprint density at radius 1 is 1.04 bits per heavy atom. The number of aliphatic hydroxyl groups is 1. The zero-order valence-electron chi connectivity index (χ0n) is 24.3. The Morgan fingerprint density at radius 2 is 1.74 bits per heavy atom. The smallest absolute Gasteiger partial charge is 0.424 e. The van der Waals surface area contributed by atoms with E-state index < -0.39 is 95.4 Å². The summed E-state index contributed by atoms with van der Waals surface area (Å²) in [5.41, 5.74) is -10.9. The van der Waals surface area contributed by atoms with Crippen LogP contribution in [0.3, 0.4) is 0 Å². The lowest BCUT2D eigenvalue weighted by molar-refractivity contribution is -0.265. The summed E-state index contributed by atoms with van der Waals surface area (Å²) in [5, 5.41) is 21.3. The Kier molecular flexibility index (Phi) is 8.49. The van der Waals surface area contributed by atoms with Crippen molar-refractivity contribution in [2.24, 2.45) is 0 Å². The van der Waals surface area contributed by atoms with Gasteiger partial charge in [0, 0.05) is 22.1 Å². The summed E-state index contributed by atoms with van der Waals surface area (Å²) in [7, 11) is 1.26. The zero-order valence-corrected chi connectivity index (χ0v) is 24.3. The summed E-state index contributed by atoms with van der Waals surface area (Å²) in [6, 6.07) is 5.89. The fourth-order valence-corrected chi connectivity index (χ4v) is 5.08. The monoisotopic (exact) mass is 674 g/mol. The molecule has 8 nitrogen and oxygen atoms in total. The third kappa shape index (κ3) is 5.87. The van der Waals surface area contributed by atoms with Gasteiger partial charge in [0.25, 0.3) is 5.91 Å². The van der Waals surface area contributed by atoms with Gasteiger partial charge >= 0.3 is 12.4 Å². The standard InChI is InChI=1S/C30H23F9N4O4/c1-14-5-16-6-17(8-21(46-2)23(16)43-42-14)26(44)40-12-28(45,30(37,38)39)22-9-19-25(47-13-27(19,10-31)11-32)24(41-22)15-3-4-20(33)18(7-15)29(34,35)36/h3-9,45H,10-13H2,1-2H3,(H,40,44). The number of methoxy groups -OCH3 is 1. The molecule has 3 heterocycles. The maximum atomic E-state index is 14.7. The first-order chi connectivity index (χ1) is 22.0. The van der Waals surface area contributed by atoms with Gasteiger partial charge in [-0.05, 0) is 49.4 Å². The summed E-state index contributed by atoms with van der Waals surface area (Å²) in [6.45, 7) is -3.79. The average molecular weight is 675 g/mol. The van der Waals surface area contributed by atoms with Crippen molar-refractivity contribution in [1.29, 1.82) is 0 Å². The van der Waals surface area contributed by atoms with Crippen LogP contribution in [-0.4, -0.2) is 66.0 Å². The molecule has 17 heteroatoms. The van der Waals surface area contributed by atoms with Gasteiger partial charge in [-0.25, -0.2) is 18.2 Å². The van der Waals surface area contributed by atoms with E-state index in [2.05, 4.69) is 15.2 Å². The maximum absolute atomic E-state index is 14.7. The van der Waals surface area contributed by atoms with E-state index in [4.69, 9.17) is 9.47 Å². The molecule has 0 aliphatic carbocycles. The fraction of sp³-hybridized carbons (Fsp3) is 0.333. The number of alkyl halides is 8. The predicted molar refractivity (Wildman–Crippen MR) is 147 cm³/mol. The van der Waals surface area contributed by atoms with Crippen LogP contribution in [0.2, 0.25) is 0 Å². The van der Waals surface area contributed by atoms with Gasteiger partial charge in [-0.15, -0.1) is 5.10 Å². The van der Waals surface area contributed by atoms with E-state index in [-0.39, 0.29) is 22.9 Å². The van der Waals surface area contributed by atoms with Crippen molar-refractivity contribution in [3.05, 3.63) is 76.4 Å². The minimum atomic E-state index is -5.62. The van der Waals surface area contributed by atoms with Crippen LogP contribution in [0.5, 0.6) is 11.5 Å². The quantitative estimate of drug-likeness (QED) is 0.224. The molecule has 5 rings (SSSR count). The lowest BCUT2D eigenvalue weighted by Crippen LogP contribution is -2.51. The third-order valence-corrected chi connectivity index (χ3v) is 7.75. The summed E-state index contributed by atoms with van der Waals surface area (Å²) in [6.07, 6.45) is -10.9. The summed E-state index contributed by atoms with van der Waals surface area (Å²) in [4.78, 5) is 16.9. The Bertz CT molecular complexity index is 1860. The molecule has 0 radical (unpaired) electrons. The first-order valence-electron chi connectivity index (χ1n) is 13.5. The number of rotatable bonds is 8. The molecular formula is C30H23F9N4O4. The zero-order chi connectivity index (χ0) is 34.5. The van der Waals surface area contributed by atoms with Crippen molar-refractivity contribution in [1.82, 2.24) is 20.5 Å². The van der Waals surface area contributed by atoms with Crippen molar-refractivity contribution in [2.75, 3.05) is 33.6 Å². The second-order valence-electron chi connectivity index (χ2n) is 10.9. The SMILES string of the molecule is COc1cc(C(=O)NCC(O)(c2cc3c(c(-c4ccc(F)c(C(F)(F)F)c4)n2)OCC3(CF)CF)C(F)(F)F)cc2cc(C)nnc12. The number of nitrogens with one attached hydrogen (secondary N) is 1. The van der Waals surface area contributed by atoms with E-state index in [1.165, 1.54) is 25.3 Å². The van der Waals surface area contributed by atoms with Crippen LogP contribution < -0.4 is 14.8 Å². The highest BCUT2D eigenvalue weighted by molar-refractivity contribution is 5.99. The number of carbonyl (C=O) groups excluding carboxylic acids is 1. The number of halogens is 9. The molecule has 2 N–H and O–H groups in total. The largest absolute Gasteiger partial charge is 0.494 e. The number of fused-ring (bicyclic) bond motifs is 2. The van der Waals surface area contributed by atoms with Gasteiger partial charge in [0.05, 0.1) is 36.0 Å². The average Bonchev–Trinajstić information content (AvgIpc) is 3.40. The molecule has 1 aliphatic heterocycles. The van der Waals surface area contributed by atoms with E-state index in [1.54, 1.807) is 6.92 Å². The van der Waals surface area contributed by atoms with Gasteiger partial charge in [0.2, 0.25) is 5.60 Å². The molecule has 1 aliphatic rings. The van der Waals surface area contributed by atoms with E-state index in [0.717, 1.165) is 6.07 Å². The molecular weight excluding hydrogens is 651 g/mol. The summed E-state index contributed by atoms with van der Waals surface area (Å²) >= 11 is 0. The molecule has 2 aromatic carbocycles. The molecule has 0 saturated heterocycles. The molecule has 2 aromatic heterocycles. The van der Waals surface area contributed by atoms with Crippen LogP contribution in [0.1, 0.15) is 32.9 Å². The van der Waals surface area contributed by atoms with Crippen molar-refractivity contribution >= 4 is 16.8 Å². The number of aromatic nitrogens is 3. The van der Waals surface area contributed by atoms with E-state index in [9.17, 15) is 49.4 Å². The van der Waals surface area contributed by atoms with E-state index in [0.29, 0.717) is 23.2 Å². The van der Waals surface area contributed by atoms with Crippen molar-refractivity contribution < 1.29 is 58.9 Å². The molecule has 4 aromatic rings. The Balaban J connectivity index is 1.63. The van der Waals surface area contributed by atoms with Crippen LogP contribution in [0, 0.1) is 12.7 Å². The van der Waals surface area contributed by atoms with Crippen LogP contribution in [0.25, 0.3) is 22.2 Å². The molecule has 47 heavy (non-hydrogen) atoms. The molecule has 1 unspecified atom stereocenters. The minimum absolute atomic E-state index is 0.0578. The normalized spacial score (nSPS) is 15.6. The molecule has 1 atom stereocenters. The Labute approximate surface area is 259 Å². The van der Waals surface area contributed by atoms with Gasteiger partial charge in [-0.3, -0.25) is 4.79 Å². The first kappa shape index (κ1) is 33.7. The minimum Gasteiger partial charge on any atom is -0.494 e. The van der Waals surface area contributed by atoms with Crippen molar-refractivity contribution in [2.45, 2.75) is 30.3 Å². The van der Waals surface area contributed by atoms with Gasteiger partial charge in [-0.1, -0.05) is 0 Å². The van der Waals surface area contributed by atoms with Crippen LogP contribution in [0.15, 0.2) is 42.5 Å². The number of ether oxygens (including phenoxy) is 2. The molecule has 250 valence electrons. The second-order valence-corrected chi connectivity index (χ2v) is 10.9. The van der Waals surface area contributed by atoms with Crippen LogP contribution >= 0.6 is 0 Å². The second kappa shape index (κ2) is 11.8. The molecule has 0 fully saturated rings. The molecule has 0 spiro atoms. The molecule has 0 saturated carbocycles. The predicted octanol–water partition coefficient (Wildman–Crippen LogP) is 5.92. The highest BCUT2D eigenvalue weighted by atomic mass is 19.4. The number of nitrogens with zero attached hydrogens (tertiary/aromatic N) is 3. The topological polar surface area (TPSA) is 106 Å². The fourth-order valence-electron chi connectivity index (χ4n) is 5.08. The molecule has 0 bridgehead atoms. The number of amides is 1. The molecule has 1 amide bonds. The van der Waals surface area contributed by atoms with Crippen molar-refractivity contribution in [3.63, 3.8) is 0 Å². The lowest BCUT2D eigenvalue weighted by atomic mass is 9.82. The Morgan fingerprint density at radius 3 is 2.36 bits per heavy atom. The first-order valence-corrected chi connectivity index (χ1v) is 13.5. The van der Waals surface area contributed by atoms with Gasteiger partial charge < -0.3 is 19.9 Å². The van der Waals surface area contributed by atoms with Gasteiger partial charge in [0.15, 0.2) is 0 Å². The highest BCUT2D eigenvalue weighted by Gasteiger charge is 2.58. The van der Waals surface area contributed by atoms with Crippen LogP contribution in [0.4, 0.5) is 39.5 Å². The van der Waals surface area contributed by atoms with Crippen LogP contribution in [-0.2, 0) is 17.2 Å². The number of carbonyl (C=O) groups is 1. The summed E-state index contributed by atoms with van der Waals surface area (Å²) < 4.78 is 138. The maximum Gasteiger partial charge on any atom is 0.424 e. The highest BCUT2D eigenvalue weighted by Crippen LogP contribution is 2.49. The Hall–Kier alpha value is -4.67. The number of hydrogen-bond donors (Lipinski definition) is 2. The van der Waals surface area contributed by atoms with Crippen molar-refractivity contribution in [3.8, 4) is 22.8 Å². The number of pyridine rings is 1. The summed E-state index contributed by atoms with van der Waals surface area (Å²) in [5.74, 6) is -3.33. The third-order valence-electron chi connectivity index (χ3n) is 7.75. The van der Waals surface area contributed by atoms with Gasteiger partial charge in [-0.2, -0.15) is 31.4 Å². The number of benzene rings is 2. The van der Waals surface area contributed by atoms with E-state index in [1.807, 2.05) is 5.32 Å². The van der Waals surface area contributed by atoms with Gasteiger partial charge in [0.1, 0.15) is 48.5 Å².